The molecule has 0 radical (unpaired) electrons. The summed E-state index contributed by atoms with van der Waals surface area (Å²) in [4.78, 5) is 4.39. The zero-order valence-corrected chi connectivity index (χ0v) is 18.8. The van der Waals surface area contributed by atoms with Crippen LogP contribution in [0.1, 0.15) is 24.0 Å². The topological polar surface area (TPSA) is 63.4 Å². The maximum atomic E-state index is 15.3. The highest BCUT2D eigenvalue weighted by Crippen LogP contribution is 2.39. The van der Waals surface area contributed by atoms with Gasteiger partial charge in [0.25, 0.3) is 0 Å². The lowest BCUT2D eigenvalue weighted by Gasteiger charge is -2.52. The Morgan fingerprint density at radius 2 is 1.85 bits per heavy atom. The lowest BCUT2D eigenvalue weighted by Crippen LogP contribution is -2.66. The lowest BCUT2D eigenvalue weighted by molar-refractivity contribution is -0.225. The summed E-state index contributed by atoms with van der Waals surface area (Å²) in [5, 5.41) is 4.81. The molecule has 0 amide bonds. The third-order valence-corrected chi connectivity index (χ3v) is 6.88. The van der Waals surface area contributed by atoms with Gasteiger partial charge in [-0.25, -0.2) is 4.98 Å². The molecule has 3 aromatic rings. The first kappa shape index (κ1) is 22.0. The molecule has 5 rings (SSSR count). The lowest BCUT2D eigenvalue weighted by atomic mass is 9.77. The normalized spacial score (nSPS) is 25.1. The van der Waals surface area contributed by atoms with E-state index in [0.29, 0.717) is 25.5 Å². The molecule has 3 N–H and O–H groups in total. The SMILES string of the molecule is Nc1cccc(-c2ccc(CCNC3CC4COCC(Cc5ccccc5)(C3)N4F)cc2)n1. The van der Waals surface area contributed by atoms with Crippen molar-refractivity contribution in [3.63, 3.8) is 0 Å². The second kappa shape index (κ2) is 9.59. The third-order valence-electron chi connectivity index (χ3n) is 6.88. The van der Waals surface area contributed by atoms with E-state index in [2.05, 4.69) is 46.7 Å². The Hall–Kier alpha value is -2.80. The standard InChI is InChI=1S/C27H31FN4O/c28-32-24-15-23(17-27(32,19-33-18-24)16-21-5-2-1-3-6-21)30-14-13-20-9-11-22(12-10-20)25-7-4-8-26(29)31-25/h1-12,23-24,30H,13-19H2,(H2,29,31). The van der Waals surface area contributed by atoms with E-state index in [4.69, 9.17) is 10.5 Å². The Bertz CT molecular complexity index is 1060. The molecule has 2 fully saturated rings. The van der Waals surface area contributed by atoms with Crippen molar-refractivity contribution in [2.45, 2.75) is 43.3 Å². The van der Waals surface area contributed by atoms with Crippen molar-refractivity contribution < 1.29 is 9.22 Å². The van der Waals surface area contributed by atoms with Gasteiger partial charge in [0.15, 0.2) is 0 Å². The quantitative estimate of drug-likeness (QED) is 0.533. The van der Waals surface area contributed by atoms with Crippen LogP contribution in [0.4, 0.5) is 10.3 Å². The number of benzene rings is 2. The Kier molecular flexibility index (Phi) is 6.40. The number of nitrogens with zero attached hydrogens (tertiary/aromatic N) is 2. The fourth-order valence-corrected chi connectivity index (χ4v) is 5.28. The molecule has 172 valence electrons. The van der Waals surface area contributed by atoms with Crippen molar-refractivity contribution in [1.82, 2.24) is 15.4 Å². The first-order chi connectivity index (χ1) is 16.1. The van der Waals surface area contributed by atoms with Crippen LogP contribution in [0.25, 0.3) is 11.3 Å². The number of nitrogen functional groups attached to an aromatic ring is 1. The smallest absolute Gasteiger partial charge is 0.124 e. The zero-order chi connectivity index (χ0) is 22.7. The maximum Gasteiger partial charge on any atom is 0.124 e. The van der Waals surface area contributed by atoms with Gasteiger partial charge in [0.1, 0.15) is 5.82 Å². The molecular weight excluding hydrogens is 415 g/mol. The van der Waals surface area contributed by atoms with Crippen LogP contribution in [-0.2, 0) is 17.6 Å². The highest BCUT2D eigenvalue weighted by Gasteiger charge is 2.50. The van der Waals surface area contributed by atoms with Crippen LogP contribution in [0.2, 0.25) is 0 Å². The number of hydrogen-bond acceptors (Lipinski definition) is 5. The minimum atomic E-state index is -0.591. The Labute approximate surface area is 194 Å². The maximum absolute atomic E-state index is 15.3. The number of ether oxygens (including phenoxy) is 1. The van der Waals surface area contributed by atoms with Crippen LogP contribution in [0.3, 0.4) is 0 Å². The van der Waals surface area contributed by atoms with E-state index in [0.717, 1.165) is 47.8 Å². The number of anilines is 1. The number of nitrogens with two attached hydrogens (primary N) is 1. The van der Waals surface area contributed by atoms with Crippen LogP contribution >= 0.6 is 0 Å². The summed E-state index contributed by atoms with van der Waals surface area (Å²) in [6, 6.07) is 24.4. The number of rotatable bonds is 7. The van der Waals surface area contributed by atoms with Gasteiger partial charge in [0.2, 0.25) is 0 Å². The summed E-state index contributed by atoms with van der Waals surface area (Å²) in [7, 11) is 0. The predicted octanol–water partition coefficient (Wildman–Crippen LogP) is 4.19. The molecule has 5 nitrogen and oxygen atoms in total. The Morgan fingerprint density at radius 1 is 1.03 bits per heavy atom. The van der Waals surface area contributed by atoms with Gasteiger partial charge in [-0.1, -0.05) is 60.7 Å². The first-order valence-corrected chi connectivity index (χ1v) is 11.7. The number of hydrogen-bond donors (Lipinski definition) is 2. The second-order valence-electron chi connectivity index (χ2n) is 9.35. The number of fused-ring (bicyclic) bond motifs is 2. The molecule has 2 aromatic carbocycles. The number of aromatic nitrogens is 1. The van der Waals surface area contributed by atoms with Gasteiger partial charge in [0, 0.05) is 11.6 Å². The van der Waals surface area contributed by atoms with Crippen LogP contribution in [0.5, 0.6) is 0 Å². The summed E-state index contributed by atoms with van der Waals surface area (Å²) in [5.41, 5.74) is 9.57. The zero-order valence-electron chi connectivity index (χ0n) is 18.8. The van der Waals surface area contributed by atoms with Gasteiger partial charge >= 0.3 is 0 Å². The average molecular weight is 447 g/mol. The Morgan fingerprint density at radius 3 is 2.64 bits per heavy atom. The summed E-state index contributed by atoms with van der Waals surface area (Å²) >= 11 is 0. The van der Waals surface area contributed by atoms with Crippen molar-refractivity contribution in [2.75, 3.05) is 25.5 Å². The highest BCUT2D eigenvalue weighted by atomic mass is 19.2. The molecule has 2 bridgehead atoms. The average Bonchev–Trinajstić information content (AvgIpc) is 2.82. The van der Waals surface area contributed by atoms with Crippen LogP contribution in [0, 0.1) is 0 Å². The van der Waals surface area contributed by atoms with Gasteiger partial charge in [-0.15, -0.1) is 9.60 Å². The fraction of sp³-hybridized carbons (Fsp3) is 0.370. The van der Waals surface area contributed by atoms with E-state index < -0.39 is 5.54 Å². The van der Waals surface area contributed by atoms with E-state index in [-0.39, 0.29) is 12.1 Å². The van der Waals surface area contributed by atoms with Crippen molar-refractivity contribution in [1.29, 1.82) is 0 Å². The van der Waals surface area contributed by atoms with Gasteiger partial charge < -0.3 is 15.8 Å². The molecule has 0 aliphatic carbocycles. The van der Waals surface area contributed by atoms with Crippen LogP contribution in [-0.4, -0.2) is 47.5 Å². The van der Waals surface area contributed by atoms with E-state index in [1.807, 2.05) is 30.3 Å². The van der Waals surface area contributed by atoms with Gasteiger partial charge in [-0.05, 0) is 55.5 Å². The van der Waals surface area contributed by atoms with E-state index >= 15 is 4.48 Å². The number of piperidine rings is 1. The largest absolute Gasteiger partial charge is 0.384 e. The highest BCUT2D eigenvalue weighted by molar-refractivity contribution is 5.61. The minimum Gasteiger partial charge on any atom is -0.384 e. The summed E-state index contributed by atoms with van der Waals surface area (Å²) in [5.74, 6) is 0.528. The van der Waals surface area contributed by atoms with Crippen molar-refractivity contribution in [3.8, 4) is 11.3 Å². The molecule has 6 heteroatoms. The van der Waals surface area contributed by atoms with Gasteiger partial charge in [0.05, 0.1) is 30.5 Å². The molecule has 2 aliphatic rings. The molecule has 0 spiro atoms. The predicted molar refractivity (Wildman–Crippen MR) is 129 cm³/mol. The molecule has 3 heterocycles. The number of pyridine rings is 1. The van der Waals surface area contributed by atoms with E-state index in [9.17, 15) is 0 Å². The summed E-state index contributed by atoms with van der Waals surface area (Å²) in [6.45, 7) is 1.76. The second-order valence-corrected chi connectivity index (χ2v) is 9.35. The van der Waals surface area contributed by atoms with Crippen LogP contribution in [0.15, 0.2) is 72.8 Å². The Balaban J connectivity index is 1.19. The van der Waals surface area contributed by atoms with Gasteiger partial charge in [-0.3, -0.25) is 0 Å². The third kappa shape index (κ3) is 4.93. The molecule has 2 aliphatic heterocycles. The molecular formula is C27H31FN4O. The van der Waals surface area contributed by atoms with E-state index in [1.54, 1.807) is 6.07 Å². The molecule has 33 heavy (non-hydrogen) atoms. The fourth-order valence-electron chi connectivity index (χ4n) is 5.28. The monoisotopic (exact) mass is 446 g/mol. The summed E-state index contributed by atoms with van der Waals surface area (Å²) < 4.78 is 21.1. The minimum absolute atomic E-state index is 0.182. The van der Waals surface area contributed by atoms with Crippen molar-refractivity contribution >= 4 is 5.82 Å². The number of nitrogens with one attached hydrogen (secondary N) is 1. The van der Waals surface area contributed by atoms with Crippen LogP contribution < -0.4 is 11.1 Å². The van der Waals surface area contributed by atoms with E-state index in [1.165, 1.54) is 5.56 Å². The number of morpholine rings is 1. The summed E-state index contributed by atoms with van der Waals surface area (Å²) in [6.07, 6.45) is 3.11. The molecule has 3 unspecified atom stereocenters. The van der Waals surface area contributed by atoms with Crippen molar-refractivity contribution in [3.05, 3.63) is 83.9 Å². The molecule has 2 saturated heterocycles. The van der Waals surface area contributed by atoms with Crippen molar-refractivity contribution in [2.24, 2.45) is 0 Å². The molecule has 0 saturated carbocycles. The number of halogens is 1. The van der Waals surface area contributed by atoms with Gasteiger partial charge in [-0.2, -0.15) is 0 Å². The molecule has 3 atom stereocenters. The first-order valence-electron chi connectivity index (χ1n) is 11.7. The molecule has 1 aromatic heterocycles.